The second kappa shape index (κ2) is 5.28. The molecule has 4 heteroatoms. The van der Waals surface area contributed by atoms with E-state index >= 15 is 0 Å². The van der Waals surface area contributed by atoms with Crippen molar-refractivity contribution in [3.63, 3.8) is 0 Å². The average Bonchev–Trinajstić information content (AvgIpc) is 2.84. The number of aryl methyl sites for hydroxylation is 1. The highest BCUT2D eigenvalue weighted by atomic mass is 19.1. The van der Waals surface area contributed by atoms with Gasteiger partial charge < -0.3 is 15.4 Å². The van der Waals surface area contributed by atoms with Gasteiger partial charge in [-0.2, -0.15) is 0 Å². The molecule has 3 rings (SSSR count). The summed E-state index contributed by atoms with van der Waals surface area (Å²) >= 11 is 0. The number of fused-ring (bicyclic) bond motifs is 1. The highest BCUT2D eigenvalue weighted by Crippen LogP contribution is 2.33. The Kier molecular flexibility index (Phi) is 3.45. The summed E-state index contributed by atoms with van der Waals surface area (Å²) in [6.07, 6.45) is 0.974. The second-order valence-electron chi connectivity index (χ2n) is 5.44. The summed E-state index contributed by atoms with van der Waals surface area (Å²) in [5.41, 5.74) is 10.9. The Balaban J connectivity index is 1.91. The van der Waals surface area contributed by atoms with Crippen molar-refractivity contribution in [3.05, 3.63) is 52.8 Å². The van der Waals surface area contributed by atoms with Gasteiger partial charge >= 0.3 is 0 Å². The molecule has 1 aliphatic heterocycles. The van der Waals surface area contributed by atoms with E-state index in [-0.39, 0.29) is 11.6 Å². The van der Waals surface area contributed by atoms with Crippen LogP contribution >= 0.6 is 0 Å². The third kappa shape index (κ3) is 2.42. The number of nitrogens with zero attached hydrogens (tertiary/aromatic N) is 1. The first-order chi connectivity index (χ1) is 10.1. The van der Waals surface area contributed by atoms with Crippen molar-refractivity contribution in [1.29, 1.82) is 0 Å². The van der Waals surface area contributed by atoms with Gasteiger partial charge in [-0.1, -0.05) is 18.2 Å². The van der Waals surface area contributed by atoms with E-state index in [1.54, 1.807) is 12.1 Å². The molecule has 21 heavy (non-hydrogen) atoms. The molecule has 0 amide bonds. The van der Waals surface area contributed by atoms with Crippen LogP contribution in [0.1, 0.15) is 16.7 Å². The van der Waals surface area contributed by atoms with Gasteiger partial charge in [0.2, 0.25) is 0 Å². The fraction of sp³-hybridized carbons (Fsp3) is 0.294. The zero-order valence-electron chi connectivity index (χ0n) is 12.3. The van der Waals surface area contributed by atoms with E-state index in [0.717, 1.165) is 29.9 Å². The summed E-state index contributed by atoms with van der Waals surface area (Å²) in [6.45, 7) is 3.42. The van der Waals surface area contributed by atoms with Crippen molar-refractivity contribution in [1.82, 2.24) is 0 Å². The summed E-state index contributed by atoms with van der Waals surface area (Å²) in [5, 5.41) is 0. The highest BCUT2D eigenvalue weighted by Gasteiger charge is 2.21. The third-order valence-electron chi connectivity index (χ3n) is 4.08. The van der Waals surface area contributed by atoms with Crippen molar-refractivity contribution >= 4 is 11.4 Å². The van der Waals surface area contributed by atoms with Gasteiger partial charge in [-0.15, -0.1) is 0 Å². The zero-order valence-corrected chi connectivity index (χ0v) is 12.3. The molecular weight excluding hydrogens is 267 g/mol. The smallest absolute Gasteiger partial charge is 0.170 e. The Hall–Kier alpha value is -2.23. The molecule has 1 heterocycles. The van der Waals surface area contributed by atoms with Gasteiger partial charge in [0.05, 0.1) is 7.11 Å². The molecule has 2 aromatic rings. The van der Waals surface area contributed by atoms with Gasteiger partial charge in [0, 0.05) is 30.0 Å². The maximum atomic E-state index is 14.3. The summed E-state index contributed by atoms with van der Waals surface area (Å²) in [4.78, 5) is 2.17. The van der Waals surface area contributed by atoms with Gasteiger partial charge in [0.1, 0.15) is 0 Å². The number of hydrogen-bond acceptors (Lipinski definition) is 3. The number of hydrogen-bond donors (Lipinski definition) is 1. The number of nitrogens with two attached hydrogens (primary N) is 1. The van der Waals surface area contributed by atoms with Crippen molar-refractivity contribution in [2.75, 3.05) is 24.3 Å². The molecule has 0 radical (unpaired) electrons. The first-order valence-electron chi connectivity index (χ1n) is 7.05. The maximum absolute atomic E-state index is 14.3. The van der Waals surface area contributed by atoms with Crippen molar-refractivity contribution < 1.29 is 9.13 Å². The van der Waals surface area contributed by atoms with Gasteiger partial charge in [-0.25, -0.2) is 4.39 Å². The van der Waals surface area contributed by atoms with Crippen molar-refractivity contribution in [2.45, 2.75) is 19.9 Å². The number of rotatable bonds is 3. The van der Waals surface area contributed by atoms with E-state index in [9.17, 15) is 4.39 Å². The number of anilines is 2. The Morgan fingerprint density at radius 3 is 2.90 bits per heavy atom. The monoisotopic (exact) mass is 286 g/mol. The minimum atomic E-state index is -0.284. The van der Waals surface area contributed by atoms with Gasteiger partial charge in [0.15, 0.2) is 11.6 Å². The first-order valence-corrected chi connectivity index (χ1v) is 7.05. The minimum Gasteiger partial charge on any atom is -0.494 e. The molecule has 0 fully saturated rings. The average molecular weight is 286 g/mol. The quantitative estimate of drug-likeness (QED) is 0.880. The van der Waals surface area contributed by atoms with Crippen LogP contribution in [0.4, 0.5) is 15.8 Å². The molecule has 1 aliphatic rings. The molecule has 110 valence electrons. The van der Waals surface area contributed by atoms with Crippen LogP contribution in [-0.2, 0) is 13.0 Å². The van der Waals surface area contributed by atoms with Crippen LogP contribution in [0.3, 0.4) is 0 Å². The fourth-order valence-corrected chi connectivity index (χ4v) is 2.85. The molecular formula is C17H19FN2O. The molecule has 0 aliphatic carbocycles. The van der Waals surface area contributed by atoms with Crippen molar-refractivity contribution in [2.24, 2.45) is 0 Å². The Morgan fingerprint density at radius 1 is 1.33 bits per heavy atom. The molecule has 0 aromatic heterocycles. The van der Waals surface area contributed by atoms with E-state index in [4.69, 9.17) is 10.5 Å². The van der Waals surface area contributed by atoms with Crippen LogP contribution in [0, 0.1) is 12.7 Å². The molecule has 0 saturated heterocycles. The second-order valence-corrected chi connectivity index (χ2v) is 5.44. The molecule has 0 spiro atoms. The van der Waals surface area contributed by atoms with E-state index in [2.05, 4.69) is 11.0 Å². The fourth-order valence-electron chi connectivity index (χ4n) is 2.85. The third-order valence-corrected chi connectivity index (χ3v) is 4.08. The Labute approximate surface area is 124 Å². The molecule has 0 bridgehead atoms. The van der Waals surface area contributed by atoms with Gasteiger partial charge in [0.25, 0.3) is 0 Å². The molecule has 3 nitrogen and oxygen atoms in total. The van der Waals surface area contributed by atoms with Crippen LogP contribution in [0.25, 0.3) is 0 Å². The topological polar surface area (TPSA) is 38.5 Å². The van der Waals surface area contributed by atoms with Crippen molar-refractivity contribution in [3.8, 4) is 5.75 Å². The summed E-state index contributed by atoms with van der Waals surface area (Å²) in [7, 11) is 1.48. The lowest BCUT2D eigenvalue weighted by Crippen LogP contribution is -2.20. The summed E-state index contributed by atoms with van der Waals surface area (Å²) in [6, 6.07) is 9.38. The number of nitrogen functional groups attached to an aromatic ring is 1. The highest BCUT2D eigenvalue weighted by molar-refractivity contribution is 5.67. The lowest BCUT2D eigenvalue weighted by atomic mass is 10.1. The molecule has 0 saturated carbocycles. The maximum Gasteiger partial charge on any atom is 0.170 e. The Bertz CT molecular complexity index is 685. The lowest BCUT2D eigenvalue weighted by molar-refractivity contribution is 0.384. The SMILES string of the molecule is COc1cccc(CN2CCc3cc(C)c(N)cc32)c1F. The molecule has 0 atom stereocenters. The van der Waals surface area contributed by atoms with Crippen LogP contribution < -0.4 is 15.4 Å². The Morgan fingerprint density at radius 2 is 2.14 bits per heavy atom. The lowest BCUT2D eigenvalue weighted by Gasteiger charge is -2.21. The summed E-state index contributed by atoms with van der Waals surface area (Å²) in [5.74, 6) is 0.00359. The first kappa shape index (κ1) is 13.7. The minimum absolute atomic E-state index is 0.284. The number of ether oxygens (including phenoxy) is 1. The molecule has 2 aromatic carbocycles. The predicted molar refractivity (Wildman–Crippen MR) is 83.3 cm³/mol. The molecule has 0 unspecified atom stereocenters. The van der Waals surface area contributed by atoms with Gasteiger partial charge in [-0.3, -0.25) is 0 Å². The normalized spacial score (nSPS) is 13.4. The largest absolute Gasteiger partial charge is 0.494 e. The zero-order chi connectivity index (χ0) is 15.0. The van der Waals surface area contributed by atoms with Crippen LogP contribution in [0.5, 0.6) is 5.75 Å². The summed E-state index contributed by atoms with van der Waals surface area (Å²) < 4.78 is 19.3. The van der Waals surface area contributed by atoms with Crippen LogP contribution in [0.2, 0.25) is 0 Å². The van der Waals surface area contributed by atoms with E-state index in [0.29, 0.717) is 12.1 Å². The standard InChI is InChI=1S/C17H19FN2O/c1-11-8-12-6-7-20(15(12)9-14(11)19)10-13-4-3-5-16(21-2)17(13)18/h3-5,8-9H,6-7,10,19H2,1-2H3. The van der Waals surface area contributed by atoms with Crippen LogP contribution in [0.15, 0.2) is 30.3 Å². The van der Waals surface area contributed by atoms with E-state index in [1.165, 1.54) is 12.7 Å². The number of benzene rings is 2. The van der Waals surface area contributed by atoms with E-state index < -0.39 is 0 Å². The number of methoxy groups -OCH3 is 1. The predicted octanol–water partition coefficient (Wildman–Crippen LogP) is 3.29. The van der Waals surface area contributed by atoms with Crippen LogP contribution in [-0.4, -0.2) is 13.7 Å². The number of halogens is 1. The van der Waals surface area contributed by atoms with Gasteiger partial charge in [-0.05, 0) is 36.6 Å². The van der Waals surface area contributed by atoms with E-state index in [1.807, 2.05) is 19.1 Å². The molecule has 2 N–H and O–H groups in total.